The highest BCUT2D eigenvalue weighted by atomic mass is 32.2. The molecule has 0 bridgehead atoms. The molecule has 2 aliphatic rings. The highest BCUT2D eigenvalue weighted by molar-refractivity contribution is 7.89. The highest BCUT2D eigenvalue weighted by Gasteiger charge is 2.34. The van der Waals surface area contributed by atoms with Crippen molar-refractivity contribution in [3.63, 3.8) is 0 Å². The predicted octanol–water partition coefficient (Wildman–Crippen LogP) is 0.858. The summed E-state index contributed by atoms with van der Waals surface area (Å²) in [6, 6.07) is 7.98. The van der Waals surface area contributed by atoms with Crippen LogP contribution >= 0.6 is 0 Å². The van der Waals surface area contributed by atoms with E-state index in [1.807, 2.05) is 6.07 Å². The average Bonchev–Trinajstić information content (AvgIpc) is 3.16. The Morgan fingerprint density at radius 3 is 3.00 bits per heavy atom. The maximum Gasteiger partial charge on any atom is 0.240 e. The molecule has 0 amide bonds. The van der Waals surface area contributed by atoms with Gasteiger partial charge in [0, 0.05) is 38.8 Å². The molecule has 7 nitrogen and oxygen atoms in total. The number of morpholine rings is 1. The van der Waals surface area contributed by atoms with E-state index in [1.54, 1.807) is 25.3 Å². The Morgan fingerprint density at radius 1 is 1.33 bits per heavy atom. The Labute approximate surface area is 162 Å². The Morgan fingerprint density at radius 2 is 2.22 bits per heavy atom. The van der Waals surface area contributed by atoms with Gasteiger partial charge in [-0.15, -0.1) is 0 Å². The highest BCUT2D eigenvalue weighted by Crippen LogP contribution is 2.29. The summed E-state index contributed by atoms with van der Waals surface area (Å²) in [6.45, 7) is 3.77. The lowest BCUT2D eigenvalue weighted by molar-refractivity contribution is 0.0524. The molecule has 1 saturated carbocycles. The standard InChI is InChI=1S/C19H31N3O4S/c1-25-10-9-22-27(23,24)16-5-2-4-15(12-16)13-21-18-7-3-6-17(18)19-14-26-11-8-20-19/h2,4-5,12,17-22H,3,6-11,13-14H2,1H3. The minimum Gasteiger partial charge on any atom is -0.383 e. The van der Waals surface area contributed by atoms with Crippen molar-refractivity contribution < 1.29 is 17.9 Å². The molecule has 27 heavy (non-hydrogen) atoms. The van der Waals surface area contributed by atoms with E-state index in [0.717, 1.165) is 31.7 Å². The maximum atomic E-state index is 12.4. The van der Waals surface area contributed by atoms with Gasteiger partial charge in [0.1, 0.15) is 0 Å². The van der Waals surface area contributed by atoms with Gasteiger partial charge in [-0.1, -0.05) is 18.6 Å². The largest absolute Gasteiger partial charge is 0.383 e. The zero-order valence-electron chi connectivity index (χ0n) is 15.9. The molecule has 1 aromatic rings. The van der Waals surface area contributed by atoms with Gasteiger partial charge < -0.3 is 20.1 Å². The van der Waals surface area contributed by atoms with E-state index in [-0.39, 0.29) is 6.54 Å². The summed E-state index contributed by atoms with van der Waals surface area (Å²) in [6.07, 6.45) is 3.58. The van der Waals surface area contributed by atoms with Gasteiger partial charge in [-0.2, -0.15) is 0 Å². The second-order valence-electron chi connectivity index (χ2n) is 7.26. The Bertz CT molecular complexity index is 692. The molecule has 2 fully saturated rings. The molecule has 1 aliphatic carbocycles. The van der Waals surface area contributed by atoms with Crippen LogP contribution in [0.3, 0.4) is 0 Å². The molecule has 8 heteroatoms. The van der Waals surface area contributed by atoms with Crippen LogP contribution < -0.4 is 15.4 Å². The minimum atomic E-state index is -3.50. The molecule has 1 aliphatic heterocycles. The quantitative estimate of drug-likeness (QED) is 0.536. The van der Waals surface area contributed by atoms with Crippen LogP contribution in [0.4, 0.5) is 0 Å². The molecule has 0 aromatic heterocycles. The molecule has 0 radical (unpaired) electrons. The lowest BCUT2D eigenvalue weighted by atomic mass is 9.94. The summed E-state index contributed by atoms with van der Waals surface area (Å²) >= 11 is 0. The van der Waals surface area contributed by atoms with Gasteiger partial charge in [-0.05, 0) is 36.5 Å². The Kier molecular flexibility index (Phi) is 7.63. The molecule has 1 heterocycles. The van der Waals surface area contributed by atoms with Crippen molar-refractivity contribution in [1.29, 1.82) is 0 Å². The fraction of sp³-hybridized carbons (Fsp3) is 0.684. The van der Waals surface area contributed by atoms with E-state index in [2.05, 4.69) is 15.4 Å². The molecule has 152 valence electrons. The first-order valence-corrected chi connectivity index (χ1v) is 11.2. The third-order valence-electron chi connectivity index (χ3n) is 5.41. The van der Waals surface area contributed by atoms with E-state index < -0.39 is 10.0 Å². The topological polar surface area (TPSA) is 88.7 Å². The van der Waals surface area contributed by atoms with Gasteiger partial charge in [0.2, 0.25) is 10.0 Å². The number of benzene rings is 1. The number of rotatable bonds is 9. The van der Waals surface area contributed by atoms with Crippen LogP contribution in [0.25, 0.3) is 0 Å². The van der Waals surface area contributed by atoms with Crippen molar-refractivity contribution in [3.05, 3.63) is 29.8 Å². The lowest BCUT2D eigenvalue weighted by Crippen LogP contribution is -2.50. The number of hydrogen-bond donors (Lipinski definition) is 3. The third-order valence-corrected chi connectivity index (χ3v) is 6.87. The van der Waals surface area contributed by atoms with Crippen molar-refractivity contribution in [2.45, 2.75) is 42.8 Å². The zero-order valence-corrected chi connectivity index (χ0v) is 16.8. The van der Waals surface area contributed by atoms with E-state index in [1.165, 1.54) is 12.8 Å². The van der Waals surface area contributed by atoms with E-state index in [0.29, 0.717) is 36.0 Å². The summed E-state index contributed by atoms with van der Waals surface area (Å²) in [4.78, 5) is 0.295. The van der Waals surface area contributed by atoms with Crippen LogP contribution in [0.1, 0.15) is 24.8 Å². The smallest absolute Gasteiger partial charge is 0.240 e. The zero-order chi connectivity index (χ0) is 19.1. The van der Waals surface area contributed by atoms with Crippen molar-refractivity contribution in [3.8, 4) is 0 Å². The summed E-state index contributed by atoms with van der Waals surface area (Å²) in [5.74, 6) is 0.563. The molecule has 3 rings (SSSR count). The first-order chi connectivity index (χ1) is 13.1. The van der Waals surface area contributed by atoms with Crippen LogP contribution in [0, 0.1) is 5.92 Å². The molecule has 3 unspecified atom stereocenters. The second kappa shape index (κ2) is 9.95. The summed E-state index contributed by atoms with van der Waals surface area (Å²) < 4.78 is 37.8. The first kappa shape index (κ1) is 20.7. The minimum absolute atomic E-state index is 0.265. The number of nitrogens with one attached hydrogen (secondary N) is 3. The molecule has 3 atom stereocenters. The van der Waals surface area contributed by atoms with Crippen LogP contribution in [0.5, 0.6) is 0 Å². The maximum absolute atomic E-state index is 12.4. The Balaban J connectivity index is 1.57. The molecular weight excluding hydrogens is 366 g/mol. The summed E-state index contributed by atoms with van der Waals surface area (Å²) in [5, 5.41) is 7.23. The molecule has 1 aromatic carbocycles. The molecule has 0 spiro atoms. The lowest BCUT2D eigenvalue weighted by Gasteiger charge is -2.33. The summed E-state index contributed by atoms with van der Waals surface area (Å²) in [5.41, 5.74) is 0.975. The fourth-order valence-corrected chi connectivity index (χ4v) is 5.10. The van der Waals surface area contributed by atoms with E-state index >= 15 is 0 Å². The van der Waals surface area contributed by atoms with Crippen molar-refractivity contribution >= 4 is 10.0 Å². The molecule has 1 saturated heterocycles. The van der Waals surface area contributed by atoms with Gasteiger partial charge in [0.15, 0.2) is 0 Å². The number of ether oxygens (including phenoxy) is 2. The van der Waals surface area contributed by atoms with Crippen LogP contribution in [0.15, 0.2) is 29.2 Å². The normalized spacial score (nSPS) is 26.3. The van der Waals surface area contributed by atoms with Crippen molar-refractivity contribution in [1.82, 2.24) is 15.4 Å². The predicted molar refractivity (Wildman–Crippen MR) is 104 cm³/mol. The number of sulfonamides is 1. The Hall–Kier alpha value is -1.03. The monoisotopic (exact) mass is 397 g/mol. The SMILES string of the molecule is COCCNS(=O)(=O)c1cccc(CNC2CCCC2C2COCCN2)c1. The fourth-order valence-electron chi connectivity index (χ4n) is 4.02. The van der Waals surface area contributed by atoms with E-state index in [9.17, 15) is 8.42 Å². The molecule has 3 N–H and O–H groups in total. The van der Waals surface area contributed by atoms with Crippen molar-refractivity contribution in [2.24, 2.45) is 5.92 Å². The van der Waals surface area contributed by atoms with Crippen molar-refractivity contribution in [2.75, 3.05) is 40.0 Å². The van der Waals surface area contributed by atoms with E-state index in [4.69, 9.17) is 9.47 Å². The summed E-state index contributed by atoms with van der Waals surface area (Å²) in [7, 11) is -1.96. The van der Waals surface area contributed by atoms with Gasteiger partial charge in [0.25, 0.3) is 0 Å². The number of hydrogen-bond acceptors (Lipinski definition) is 6. The molecular formula is C19H31N3O4S. The van der Waals surface area contributed by atoms with Gasteiger partial charge >= 0.3 is 0 Å². The van der Waals surface area contributed by atoms with Crippen LogP contribution in [-0.2, 0) is 26.0 Å². The van der Waals surface area contributed by atoms with Gasteiger partial charge in [-0.3, -0.25) is 0 Å². The van der Waals surface area contributed by atoms with Gasteiger partial charge in [-0.25, -0.2) is 13.1 Å². The number of methoxy groups -OCH3 is 1. The van der Waals surface area contributed by atoms with Gasteiger partial charge in [0.05, 0.1) is 24.7 Å². The average molecular weight is 398 g/mol. The van der Waals surface area contributed by atoms with Crippen LogP contribution in [-0.4, -0.2) is 60.5 Å². The van der Waals surface area contributed by atoms with Crippen LogP contribution in [0.2, 0.25) is 0 Å². The first-order valence-electron chi connectivity index (χ1n) is 9.72. The second-order valence-corrected chi connectivity index (χ2v) is 9.02. The third kappa shape index (κ3) is 5.73.